The summed E-state index contributed by atoms with van der Waals surface area (Å²) in [4.78, 5) is 2.40. The maximum absolute atomic E-state index is 3.63. The Hall–Kier alpha value is -2.88. The van der Waals surface area contributed by atoms with Crippen molar-refractivity contribution < 1.29 is 9.13 Å². The molecule has 4 rings (SSSR count). The number of benzene rings is 1. The second kappa shape index (κ2) is 6.62. The SMILES string of the molecule is C[C@@H]1Nc2ccc(C(C)(C)C)cc2N1c1cccc(-c2cccc[n+]2C)[n+]1C. The van der Waals surface area contributed by atoms with Gasteiger partial charge in [0.15, 0.2) is 23.7 Å². The number of nitrogens with zero attached hydrogens (tertiary/aromatic N) is 3. The fourth-order valence-corrected chi connectivity index (χ4v) is 4.00. The van der Waals surface area contributed by atoms with Crippen molar-refractivity contribution in [3.63, 3.8) is 0 Å². The number of aryl methyl sites for hydroxylation is 1. The Morgan fingerprint density at radius 2 is 1.68 bits per heavy atom. The van der Waals surface area contributed by atoms with Crippen molar-refractivity contribution in [2.24, 2.45) is 14.1 Å². The Morgan fingerprint density at radius 3 is 2.39 bits per heavy atom. The molecule has 0 bridgehead atoms. The van der Waals surface area contributed by atoms with Gasteiger partial charge in [-0.3, -0.25) is 0 Å². The Labute approximate surface area is 168 Å². The van der Waals surface area contributed by atoms with Gasteiger partial charge in [0.1, 0.15) is 7.05 Å². The molecule has 0 aliphatic carbocycles. The molecule has 0 unspecified atom stereocenters. The van der Waals surface area contributed by atoms with Crippen molar-refractivity contribution in [1.29, 1.82) is 0 Å². The highest BCUT2D eigenvalue weighted by Gasteiger charge is 2.37. The van der Waals surface area contributed by atoms with Crippen molar-refractivity contribution in [2.45, 2.75) is 39.3 Å². The van der Waals surface area contributed by atoms with Crippen LogP contribution in [0.4, 0.5) is 17.2 Å². The number of aromatic nitrogens is 2. The minimum atomic E-state index is 0.119. The van der Waals surface area contributed by atoms with E-state index in [1.54, 1.807) is 0 Å². The van der Waals surface area contributed by atoms with E-state index in [1.165, 1.54) is 34.1 Å². The summed E-state index contributed by atoms with van der Waals surface area (Å²) in [6, 6.07) is 19.6. The van der Waals surface area contributed by atoms with Crippen LogP contribution >= 0.6 is 0 Å². The molecule has 0 spiro atoms. The second-order valence-corrected chi connectivity index (χ2v) is 8.70. The molecule has 4 heteroatoms. The first kappa shape index (κ1) is 18.5. The molecular weight excluding hydrogens is 344 g/mol. The van der Waals surface area contributed by atoms with E-state index in [9.17, 15) is 0 Å². The second-order valence-electron chi connectivity index (χ2n) is 8.70. The first-order chi connectivity index (χ1) is 13.3. The predicted molar refractivity (Wildman–Crippen MR) is 115 cm³/mol. The maximum atomic E-state index is 3.63. The largest absolute Gasteiger partial charge is 0.344 e. The minimum absolute atomic E-state index is 0.119. The van der Waals surface area contributed by atoms with E-state index >= 15 is 0 Å². The van der Waals surface area contributed by atoms with Crippen molar-refractivity contribution in [3.8, 4) is 11.4 Å². The highest BCUT2D eigenvalue weighted by Crippen LogP contribution is 2.41. The lowest BCUT2D eigenvalue weighted by atomic mass is 9.86. The molecule has 0 saturated carbocycles. The van der Waals surface area contributed by atoms with Gasteiger partial charge in [0.25, 0.3) is 11.5 Å². The van der Waals surface area contributed by atoms with Gasteiger partial charge in [-0.05, 0) is 48.2 Å². The Kier molecular flexibility index (Phi) is 4.37. The van der Waals surface area contributed by atoms with Gasteiger partial charge in [0, 0.05) is 18.2 Å². The molecular formula is C24H30N4+2. The Morgan fingerprint density at radius 1 is 0.929 bits per heavy atom. The first-order valence-electron chi connectivity index (χ1n) is 9.92. The molecule has 0 radical (unpaired) electrons. The smallest absolute Gasteiger partial charge is 0.283 e. The van der Waals surface area contributed by atoms with Crippen LogP contribution in [0.5, 0.6) is 0 Å². The molecule has 1 aliphatic heterocycles. The predicted octanol–water partition coefficient (Wildman–Crippen LogP) is 4.21. The molecule has 1 atom stereocenters. The summed E-state index contributed by atoms with van der Waals surface area (Å²) in [5.41, 5.74) is 6.28. The van der Waals surface area contributed by atoms with E-state index in [2.05, 4.69) is 122 Å². The summed E-state index contributed by atoms with van der Waals surface area (Å²) >= 11 is 0. The molecule has 3 aromatic rings. The molecule has 4 nitrogen and oxygen atoms in total. The van der Waals surface area contributed by atoms with Gasteiger partial charge >= 0.3 is 0 Å². The number of anilines is 3. The van der Waals surface area contributed by atoms with E-state index < -0.39 is 0 Å². The quantitative estimate of drug-likeness (QED) is 0.679. The highest BCUT2D eigenvalue weighted by atomic mass is 15.4. The molecule has 144 valence electrons. The van der Waals surface area contributed by atoms with Gasteiger partial charge in [0.05, 0.1) is 12.7 Å². The van der Waals surface area contributed by atoms with Gasteiger partial charge in [-0.15, -0.1) is 0 Å². The maximum Gasteiger partial charge on any atom is 0.283 e. The normalized spacial score (nSPS) is 16.1. The number of fused-ring (bicyclic) bond motifs is 1. The van der Waals surface area contributed by atoms with Crippen LogP contribution < -0.4 is 19.4 Å². The van der Waals surface area contributed by atoms with Crippen molar-refractivity contribution >= 4 is 17.2 Å². The summed E-state index contributed by atoms with van der Waals surface area (Å²) in [6.45, 7) is 9.01. The molecule has 2 aromatic heterocycles. The van der Waals surface area contributed by atoms with E-state index in [0.29, 0.717) is 0 Å². The van der Waals surface area contributed by atoms with Crippen LogP contribution in [0.1, 0.15) is 33.3 Å². The van der Waals surface area contributed by atoms with Crippen LogP contribution in [0.2, 0.25) is 0 Å². The molecule has 3 heterocycles. The average molecular weight is 375 g/mol. The fraction of sp³-hybridized carbons (Fsp3) is 0.333. The third-order valence-electron chi connectivity index (χ3n) is 5.64. The average Bonchev–Trinajstić information content (AvgIpc) is 2.97. The summed E-state index contributed by atoms with van der Waals surface area (Å²) in [5.74, 6) is 1.17. The number of rotatable bonds is 2. The van der Waals surface area contributed by atoms with E-state index in [-0.39, 0.29) is 11.6 Å². The number of hydrogen-bond acceptors (Lipinski definition) is 2. The van der Waals surface area contributed by atoms with Crippen LogP contribution in [-0.2, 0) is 19.5 Å². The Bertz CT molecular complexity index is 1030. The Balaban J connectivity index is 1.86. The van der Waals surface area contributed by atoms with Crippen LogP contribution in [0.3, 0.4) is 0 Å². The van der Waals surface area contributed by atoms with Crippen molar-refractivity contribution in [1.82, 2.24) is 0 Å². The molecule has 0 fully saturated rings. The number of nitrogens with one attached hydrogen (secondary N) is 1. The van der Waals surface area contributed by atoms with E-state index in [0.717, 1.165) is 0 Å². The lowest BCUT2D eigenvalue weighted by molar-refractivity contribution is -0.684. The molecule has 28 heavy (non-hydrogen) atoms. The van der Waals surface area contributed by atoms with Gasteiger partial charge in [-0.25, -0.2) is 9.47 Å². The van der Waals surface area contributed by atoms with Gasteiger partial charge < -0.3 is 5.32 Å². The summed E-state index contributed by atoms with van der Waals surface area (Å²) in [7, 11) is 4.24. The first-order valence-corrected chi connectivity index (χ1v) is 9.92. The minimum Gasteiger partial charge on any atom is -0.344 e. The monoisotopic (exact) mass is 374 g/mol. The molecule has 1 aliphatic rings. The topological polar surface area (TPSA) is 23.0 Å². The fourth-order valence-electron chi connectivity index (χ4n) is 4.00. The van der Waals surface area contributed by atoms with Crippen molar-refractivity contribution in [2.75, 3.05) is 10.2 Å². The van der Waals surface area contributed by atoms with Gasteiger partial charge in [0.2, 0.25) is 0 Å². The van der Waals surface area contributed by atoms with Gasteiger partial charge in [-0.2, -0.15) is 4.57 Å². The van der Waals surface area contributed by atoms with Crippen LogP contribution in [0.25, 0.3) is 11.4 Å². The third-order valence-corrected chi connectivity index (χ3v) is 5.64. The lowest BCUT2D eigenvalue weighted by Gasteiger charge is -2.21. The number of hydrogen-bond donors (Lipinski definition) is 1. The molecule has 0 amide bonds. The molecule has 1 aromatic carbocycles. The summed E-state index contributed by atoms with van der Waals surface area (Å²) in [5, 5.41) is 3.63. The van der Waals surface area contributed by atoms with Crippen LogP contribution in [0, 0.1) is 0 Å². The third kappa shape index (κ3) is 3.03. The lowest BCUT2D eigenvalue weighted by Crippen LogP contribution is -2.44. The van der Waals surface area contributed by atoms with Crippen LogP contribution in [0.15, 0.2) is 60.8 Å². The van der Waals surface area contributed by atoms with E-state index in [4.69, 9.17) is 0 Å². The summed E-state index contributed by atoms with van der Waals surface area (Å²) in [6.07, 6.45) is 2.28. The zero-order chi connectivity index (χ0) is 20.1. The van der Waals surface area contributed by atoms with E-state index in [1.807, 2.05) is 0 Å². The molecule has 1 N–H and O–H groups in total. The zero-order valence-electron chi connectivity index (χ0n) is 17.7. The zero-order valence-corrected chi connectivity index (χ0v) is 17.7. The van der Waals surface area contributed by atoms with Crippen molar-refractivity contribution in [3.05, 3.63) is 66.4 Å². The standard InChI is InChI=1S/C24H29N4/c1-17-25-19-14-13-18(24(2,3)4)16-22(19)28(17)23-12-9-11-21(27(23)6)20-10-7-8-15-26(20)5/h7-17H,1-6H3/q+1/p+1/t17-/m1/s1. The summed E-state index contributed by atoms with van der Waals surface area (Å²) < 4.78 is 4.45. The van der Waals surface area contributed by atoms with Gasteiger partial charge in [-0.1, -0.05) is 26.8 Å². The molecule has 0 saturated heterocycles. The van der Waals surface area contributed by atoms with Crippen LogP contribution in [-0.4, -0.2) is 6.17 Å². The highest BCUT2D eigenvalue weighted by molar-refractivity contribution is 5.81. The number of pyridine rings is 2.